The molecule has 5 amide bonds. The molecule has 2 N–H and O–H groups in total. The SMILES string of the molecule is Cc1cc(OC2C(C)(C)C(NC(=O)c3cnc(N4CCC(CN(CCN5CCOCC5)C5CC(Oc6ccc7c(c6)C(=O)N([C@@H]6CCC(=O)NC6=O)C7=O)C5)CC4)nc3)C2(C)C)cc(C)c1C#N. The highest BCUT2D eigenvalue weighted by Crippen LogP contribution is 2.55. The first-order valence-electron chi connectivity index (χ1n) is 24.1. The predicted molar refractivity (Wildman–Crippen MR) is 250 cm³/mol. The van der Waals surface area contributed by atoms with Gasteiger partial charge in [0.05, 0.1) is 41.5 Å². The number of anilines is 1. The maximum absolute atomic E-state index is 13.6. The molecule has 68 heavy (non-hydrogen) atoms. The van der Waals surface area contributed by atoms with Crippen molar-refractivity contribution in [2.75, 3.05) is 63.9 Å². The summed E-state index contributed by atoms with van der Waals surface area (Å²) in [6, 6.07) is 10.2. The maximum Gasteiger partial charge on any atom is 0.262 e. The molecule has 1 aromatic heterocycles. The Morgan fingerprint density at radius 3 is 2.21 bits per heavy atom. The summed E-state index contributed by atoms with van der Waals surface area (Å²) in [7, 11) is 0. The van der Waals surface area contributed by atoms with Crippen LogP contribution in [-0.2, 0) is 14.3 Å². The van der Waals surface area contributed by atoms with E-state index in [2.05, 4.69) is 69.1 Å². The second-order valence-electron chi connectivity index (χ2n) is 20.8. The number of nitriles is 1. The molecule has 2 aromatic carbocycles. The van der Waals surface area contributed by atoms with Gasteiger partial charge in [0, 0.05) is 100 Å². The summed E-state index contributed by atoms with van der Waals surface area (Å²) in [5, 5.41) is 15.0. The number of nitrogens with one attached hydrogen (secondary N) is 2. The molecule has 1 atom stereocenters. The summed E-state index contributed by atoms with van der Waals surface area (Å²) in [4.78, 5) is 82.1. The molecule has 5 heterocycles. The van der Waals surface area contributed by atoms with E-state index in [1.165, 1.54) is 0 Å². The first-order valence-corrected chi connectivity index (χ1v) is 24.1. The van der Waals surface area contributed by atoms with Crippen LogP contribution in [0.2, 0.25) is 0 Å². The number of nitrogens with zero attached hydrogens (tertiary/aromatic N) is 7. The minimum Gasteiger partial charge on any atom is -0.490 e. The largest absolute Gasteiger partial charge is 0.490 e. The summed E-state index contributed by atoms with van der Waals surface area (Å²) in [5.41, 5.74) is 2.54. The van der Waals surface area contributed by atoms with Gasteiger partial charge in [-0.15, -0.1) is 0 Å². The van der Waals surface area contributed by atoms with Crippen molar-refractivity contribution in [2.24, 2.45) is 16.7 Å². The molecule has 9 rings (SSSR count). The molecule has 0 radical (unpaired) electrons. The summed E-state index contributed by atoms with van der Waals surface area (Å²) in [6.45, 7) is 20.1. The van der Waals surface area contributed by atoms with Gasteiger partial charge >= 0.3 is 0 Å². The number of carbonyl (C=O) groups excluding carboxylic acids is 5. The van der Waals surface area contributed by atoms with E-state index in [9.17, 15) is 29.2 Å². The third-order valence-corrected chi connectivity index (χ3v) is 15.4. The average molecular weight is 930 g/mol. The van der Waals surface area contributed by atoms with E-state index in [-0.39, 0.29) is 59.0 Å². The van der Waals surface area contributed by atoms with Crippen LogP contribution >= 0.6 is 0 Å². The van der Waals surface area contributed by atoms with Crippen molar-refractivity contribution in [3.8, 4) is 17.6 Å². The van der Waals surface area contributed by atoms with Gasteiger partial charge in [-0.1, -0.05) is 27.7 Å². The van der Waals surface area contributed by atoms with Gasteiger partial charge in [0.15, 0.2) is 0 Å². The number of ether oxygens (including phenoxy) is 3. The summed E-state index contributed by atoms with van der Waals surface area (Å²) < 4.78 is 18.6. The van der Waals surface area contributed by atoms with Crippen LogP contribution in [0.1, 0.15) is 114 Å². The van der Waals surface area contributed by atoms with Crippen LogP contribution in [0.4, 0.5) is 5.95 Å². The van der Waals surface area contributed by atoms with Crippen molar-refractivity contribution in [1.29, 1.82) is 5.26 Å². The Kier molecular flexibility index (Phi) is 13.1. The molecule has 3 aromatic rings. The Hall–Kier alpha value is -5.96. The van der Waals surface area contributed by atoms with E-state index in [0.29, 0.717) is 34.8 Å². The Morgan fingerprint density at radius 2 is 1.56 bits per heavy atom. The van der Waals surface area contributed by atoms with Crippen LogP contribution in [0.15, 0.2) is 42.7 Å². The van der Waals surface area contributed by atoms with E-state index in [4.69, 9.17) is 14.2 Å². The molecule has 3 saturated heterocycles. The number of imide groups is 2. The van der Waals surface area contributed by atoms with Crippen molar-refractivity contribution in [1.82, 2.24) is 35.3 Å². The van der Waals surface area contributed by atoms with Crippen LogP contribution in [0.5, 0.6) is 11.5 Å². The number of piperidine rings is 2. The van der Waals surface area contributed by atoms with Gasteiger partial charge in [-0.3, -0.25) is 44.0 Å². The Bertz CT molecular complexity index is 2460. The third-order valence-electron chi connectivity index (χ3n) is 15.4. The smallest absolute Gasteiger partial charge is 0.262 e. The highest BCUT2D eigenvalue weighted by molar-refractivity contribution is 6.23. The van der Waals surface area contributed by atoms with Crippen LogP contribution in [0.25, 0.3) is 0 Å². The molecule has 4 aliphatic heterocycles. The Morgan fingerprint density at radius 1 is 0.897 bits per heavy atom. The quantitative estimate of drug-likeness (QED) is 0.215. The molecule has 6 aliphatic rings. The predicted octanol–water partition coefficient (Wildman–Crippen LogP) is 4.44. The molecule has 17 nitrogen and oxygen atoms in total. The third kappa shape index (κ3) is 9.17. The average Bonchev–Trinajstić information content (AvgIpc) is 3.55. The number of aromatic nitrogens is 2. The van der Waals surface area contributed by atoms with E-state index < -0.39 is 29.7 Å². The standard InChI is InChI=1S/C51H63N9O8/c1-30-21-36(22-31(2)40(30)26-52)68-48-50(3,4)47(51(48,5)6)56-43(62)33-27-53-49(54-28-33)58-13-11-32(12-14-58)29-59(16-15-57-17-19-66-20-18-57)34-23-37(24-34)67-35-7-8-38-39(25-35)46(65)60(45(38)64)41-9-10-42(61)55-44(41)63/h7-8,21-22,25,27-28,32,34,37,41,47-48H,9-20,23-24,29H2,1-6H3,(H,56,62)(H,55,61,63)/t34?,37?,41-,47?,48?/m1/s1. The van der Waals surface area contributed by atoms with Crippen LogP contribution in [-0.4, -0.2) is 144 Å². The molecule has 17 heteroatoms. The van der Waals surface area contributed by atoms with Gasteiger partial charge in [-0.2, -0.15) is 5.26 Å². The lowest BCUT2D eigenvalue weighted by atomic mass is 9.49. The number of rotatable bonds is 14. The first kappa shape index (κ1) is 47.1. The van der Waals surface area contributed by atoms with Gasteiger partial charge in [0.2, 0.25) is 17.8 Å². The number of carbonyl (C=O) groups is 5. The van der Waals surface area contributed by atoms with E-state index in [0.717, 1.165) is 106 Å². The molecule has 360 valence electrons. The molecular formula is C51H63N9O8. The maximum atomic E-state index is 13.6. The van der Waals surface area contributed by atoms with Gasteiger partial charge in [0.25, 0.3) is 17.7 Å². The van der Waals surface area contributed by atoms with Crippen molar-refractivity contribution >= 4 is 35.5 Å². The van der Waals surface area contributed by atoms with E-state index >= 15 is 0 Å². The van der Waals surface area contributed by atoms with Crippen LogP contribution in [0, 0.1) is 41.9 Å². The monoisotopic (exact) mass is 929 g/mol. The lowest BCUT2D eigenvalue weighted by Crippen LogP contribution is -2.74. The number of aryl methyl sites for hydroxylation is 2. The fourth-order valence-electron chi connectivity index (χ4n) is 11.7. The van der Waals surface area contributed by atoms with Crippen LogP contribution in [0.3, 0.4) is 0 Å². The second-order valence-corrected chi connectivity index (χ2v) is 20.8. The van der Waals surface area contributed by atoms with Crippen molar-refractivity contribution in [2.45, 2.75) is 110 Å². The minimum atomic E-state index is -1.01. The normalized spacial score (nSPS) is 25.8. The molecular weight excluding hydrogens is 867 g/mol. The number of hydrogen-bond acceptors (Lipinski definition) is 14. The van der Waals surface area contributed by atoms with Gasteiger partial charge < -0.3 is 24.4 Å². The molecule has 2 aliphatic carbocycles. The number of benzene rings is 2. The fourth-order valence-corrected chi connectivity index (χ4v) is 11.7. The zero-order chi connectivity index (χ0) is 48.1. The van der Waals surface area contributed by atoms with Gasteiger partial charge in [0.1, 0.15) is 29.7 Å². The first-order chi connectivity index (χ1) is 32.5. The molecule has 0 bridgehead atoms. The molecule has 2 saturated carbocycles. The number of hydrogen-bond donors (Lipinski definition) is 2. The number of fused-ring (bicyclic) bond motifs is 1. The van der Waals surface area contributed by atoms with E-state index in [1.54, 1.807) is 30.6 Å². The topological polar surface area (TPSA) is 200 Å². The molecule has 0 spiro atoms. The zero-order valence-corrected chi connectivity index (χ0v) is 40.0. The van der Waals surface area contributed by atoms with Gasteiger partial charge in [-0.25, -0.2) is 9.97 Å². The number of amides is 5. The van der Waals surface area contributed by atoms with E-state index in [1.807, 2.05) is 26.0 Å². The van der Waals surface area contributed by atoms with Gasteiger partial charge in [-0.05, 0) is 80.5 Å². The summed E-state index contributed by atoms with van der Waals surface area (Å²) in [6.07, 6.45) is 6.86. The van der Waals surface area contributed by atoms with Crippen molar-refractivity contribution in [3.63, 3.8) is 0 Å². The molecule has 5 fully saturated rings. The lowest BCUT2D eigenvalue weighted by molar-refractivity contribution is -0.164. The Balaban J connectivity index is 0.768. The Labute approximate surface area is 397 Å². The highest BCUT2D eigenvalue weighted by Gasteiger charge is 2.64. The molecule has 0 unspecified atom stereocenters. The van der Waals surface area contributed by atoms with Crippen LogP contribution < -0.4 is 25.0 Å². The highest BCUT2D eigenvalue weighted by atomic mass is 16.5. The van der Waals surface area contributed by atoms with Crippen molar-refractivity contribution in [3.05, 3.63) is 76.1 Å². The second kappa shape index (κ2) is 18.9. The summed E-state index contributed by atoms with van der Waals surface area (Å²) in [5.74, 6) is -0.000426. The summed E-state index contributed by atoms with van der Waals surface area (Å²) >= 11 is 0. The number of morpholine rings is 1. The van der Waals surface area contributed by atoms with Crippen molar-refractivity contribution < 1.29 is 38.2 Å². The lowest BCUT2D eigenvalue weighted by Gasteiger charge is -2.63. The minimum absolute atomic E-state index is 0.0436. The zero-order valence-electron chi connectivity index (χ0n) is 40.0. The fraction of sp³-hybridized carbons (Fsp3) is 0.569.